The lowest BCUT2D eigenvalue weighted by Crippen LogP contribution is -2.46. The number of aryl methyl sites for hydroxylation is 1. The van der Waals surface area contributed by atoms with E-state index in [2.05, 4.69) is 35.0 Å². The number of carbonyl (C=O) groups is 1. The van der Waals surface area contributed by atoms with Crippen molar-refractivity contribution >= 4 is 46.0 Å². The summed E-state index contributed by atoms with van der Waals surface area (Å²) in [4.78, 5) is 22.0. The molecule has 0 spiro atoms. The minimum atomic E-state index is -0.185. The number of likely N-dealkylation sites (N-methyl/N-ethyl adjacent to an activating group) is 1. The molecule has 2 heterocycles. The predicted molar refractivity (Wildman–Crippen MR) is 130 cm³/mol. The van der Waals surface area contributed by atoms with Crippen LogP contribution >= 0.6 is 11.6 Å². The van der Waals surface area contributed by atoms with Crippen molar-refractivity contribution in [3.05, 3.63) is 70.8 Å². The first-order valence-corrected chi connectivity index (χ1v) is 11.0. The molecule has 1 amide bonds. The topological polar surface area (TPSA) is 48.5 Å². The molecule has 1 N–H and O–H groups in total. The second-order valence-corrected chi connectivity index (χ2v) is 8.26. The van der Waals surface area contributed by atoms with Gasteiger partial charge in [-0.2, -0.15) is 0 Å². The van der Waals surface area contributed by atoms with Gasteiger partial charge in [0, 0.05) is 48.4 Å². The summed E-state index contributed by atoms with van der Waals surface area (Å²) < 4.78 is 0. The summed E-state index contributed by atoms with van der Waals surface area (Å²) in [5, 5.41) is 4.63. The van der Waals surface area contributed by atoms with E-state index >= 15 is 0 Å². The van der Waals surface area contributed by atoms with E-state index in [1.54, 1.807) is 12.1 Å². The van der Waals surface area contributed by atoms with Gasteiger partial charge in [0.25, 0.3) is 0 Å². The first kappa shape index (κ1) is 21.3. The summed E-state index contributed by atoms with van der Waals surface area (Å²) in [5.41, 5.74) is 3.74. The third kappa shape index (κ3) is 5.24. The lowest BCUT2D eigenvalue weighted by molar-refractivity contribution is -0.111. The van der Waals surface area contributed by atoms with Crippen molar-refractivity contribution in [2.24, 2.45) is 0 Å². The van der Waals surface area contributed by atoms with E-state index in [4.69, 9.17) is 16.6 Å². The number of halogens is 1. The first-order chi connectivity index (χ1) is 15.0. The number of anilines is 2. The average molecular weight is 435 g/mol. The van der Waals surface area contributed by atoms with E-state index in [0.717, 1.165) is 66.3 Å². The highest BCUT2D eigenvalue weighted by atomic mass is 35.5. The van der Waals surface area contributed by atoms with Crippen LogP contribution in [0.2, 0.25) is 5.02 Å². The lowest BCUT2D eigenvalue weighted by Gasteiger charge is -2.35. The molecule has 1 aromatic heterocycles. The Labute approximate surface area is 188 Å². The minimum absolute atomic E-state index is 0.185. The standard InChI is InChI=1S/C25H27ClN4O/c1-3-29-11-13-30(14-12-29)24-15-18(2)22-17-21(8-9-23(22)28-24)27-25(31)10-7-19-5-4-6-20(26)16-19/h4-10,15-17H,3,11-14H2,1-2H3,(H,27,31). The number of aromatic nitrogens is 1. The molecule has 0 saturated carbocycles. The van der Waals surface area contributed by atoms with Gasteiger partial charge in [0.1, 0.15) is 5.82 Å². The Morgan fingerprint density at radius 1 is 1.13 bits per heavy atom. The van der Waals surface area contributed by atoms with Gasteiger partial charge in [-0.05, 0) is 67.1 Å². The number of nitrogens with zero attached hydrogens (tertiary/aromatic N) is 3. The van der Waals surface area contributed by atoms with Crippen LogP contribution in [-0.4, -0.2) is 48.5 Å². The summed E-state index contributed by atoms with van der Waals surface area (Å²) >= 11 is 5.99. The fourth-order valence-electron chi connectivity index (χ4n) is 3.88. The van der Waals surface area contributed by atoms with Crippen molar-refractivity contribution in [2.75, 3.05) is 42.9 Å². The molecule has 0 bridgehead atoms. The normalized spacial score (nSPS) is 15.0. The van der Waals surface area contributed by atoms with Crippen LogP contribution in [0.15, 0.2) is 54.6 Å². The van der Waals surface area contributed by atoms with Gasteiger partial charge in [0.15, 0.2) is 0 Å². The Bertz CT molecular complexity index is 1120. The van der Waals surface area contributed by atoms with Gasteiger partial charge >= 0.3 is 0 Å². The fraction of sp³-hybridized carbons (Fsp3) is 0.280. The van der Waals surface area contributed by atoms with Crippen LogP contribution in [0.5, 0.6) is 0 Å². The van der Waals surface area contributed by atoms with Crippen LogP contribution in [0.3, 0.4) is 0 Å². The second kappa shape index (κ2) is 9.50. The third-order valence-electron chi connectivity index (χ3n) is 5.69. The molecule has 160 valence electrons. The number of piperazine rings is 1. The molecular formula is C25H27ClN4O. The third-order valence-corrected chi connectivity index (χ3v) is 5.92. The number of benzene rings is 2. The SMILES string of the molecule is CCN1CCN(c2cc(C)c3cc(NC(=O)C=Cc4cccc(Cl)c4)ccc3n2)CC1. The van der Waals surface area contributed by atoms with Crippen LogP contribution in [0.4, 0.5) is 11.5 Å². The van der Waals surface area contributed by atoms with Crippen molar-refractivity contribution in [2.45, 2.75) is 13.8 Å². The molecule has 0 radical (unpaired) electrons. The van der Waals surface area contributed by atoms with Crippen molar-refractivity contribution in [3.63, 3.8) is 0 Å². The van der Waals surface area contributed by atoms with Crippen molar-refractivity contribution in [1.82, 2.24) is 9.88 Å². The average Bonchev–Trinajstić information content (AvgIpc) is 2.78. The maximum Gasteiger partial charge on any atom is 0.248 e. The summed E-state index contributed by atoms with van der Waals surface area (Å²) in [6.07, 6.45) is 3.26. The summed E-state index contributed by atoms with van der Waals surface area (Å²) in [7, 11) is 0. The van der Waals surface area contributed by atoms with Gasteiger partial charge in [0.05, 0.1) is 5.52 Å². The second-order valence-electron chi connectivity index (χ2n) is 7.83. The molecular weight excluding hydrogens is 408 g/mol. The summed E-state index contributed by atoms with van der Waals surface area (Å²) in [5.74, 6) is 0.845. The maximum atomic E-state index is 12.3. The zero-order valence-corrected chi connectivity index (χ0v) is 18.7. The van der Waals surface area contributed by atoms with Gasteiger partial charge in [-0.1, -0.05) is 30.7 Å². The number of hydrogen-bond donors (Lipinski definition) is 1. The molecule has 2 aromatic carbocycles. The van der Waals surface area contributed by atoms with Gasteiger partial charge in [-0.15, -0.1) is 0 Å². The van der Waals surface area contributed by atoms with Crippen LogP contribution in [-0.2, 0) is 4.79 Å². The largest absolute Gasteiger partial charge is 0.354 e. The smallest absolute Gasteiger partial charge is 0.248 e. The molecule has 1 aliphatic rings. The molecule has 3 aromatic rings. The Hall–Kier alpha value is -2.89. The van der Waals surface area contributed by atoms with Crippen LogP contribution in [0.1, 0.15) is 18.1 Å². The highest BCUT2D eigenvalue weighted by molar-refractivity contribution is 6.30. The molecule has 6 heteroatoms. The predicted octanol–water partition coefficient (Wildman–Crippen LogP) is 4.99. The number of fused-ring (bicyclic) bond motifs is 1. The maximum absolute atomic E-state index is 12.3. The highest BCUT2D eigenvalue weighted by Gasteiger charge is 2.17. The molecule has 4 rings (SSSR count). The molecule has 1 aliphatic heterocycles. The Morgan fingerprint density at radius 3 is 2.68 bits per heavy atom. The van der Waals surface area contributed by atoms with E-state index in [1.165, 1.54) is 6.08 Å². The van der Waals surface area contributed by atoms with E-state index in [0.29, 0.717) is 5.02 Å². The number of hydrogen-bond acceptors (Lipinski definition) is 4. The number of rotatable bonds is 5. The molecule has 5 nitrogen and oxygen atoms in total. The van der Waals surface area contributed by atoms with E-state index < -0.39 is 0 Å². The Morgan fingerprint density at radius 2 is 1.94 bits per heavy atom. The fourth-order valence-corrected chi connectivity index (χ4v) is 4.07. The van der Waals surface area contributed by atoms with Crippen molar-refractivity contribution < 1.29 is 4.79 Å². The van der Waals surface area contributed by atoms with Gasteiger partial charge in [-0.3, -0.25) is 4.79 Å². The quantitative estimate of drug-likeness (QED) is 0.574. The van der Waals surface area contributed by atoms with E-state index in [-0.39, 0.29) is 5.91 Å². The molecule has 0 aliphatic carbocycles. The molecule has 1 saturated heterocycles. The zero-order valence-electron chi connectivity index (χ0n) is 17.9. The van der Waals surface area contributed by atoms with Gasteiger partial charge in [0.2, 0.25) is 5.91 Å². The molecule has 0 atom stereocenters. The van der Waals surface area contributed by atoms with Crippen LogP contribution < -0.4 is 10.2 Å². The number of nitrogens with one attached hydrogen (secondary N) is 1. The monoisotopic (exact) mass is 434 g/mol. The molecule has 0 unspecified atom stereocenters. The first-order valence-electron chi connectivity index (χ1n) is 10.6. The minimum Gasteiger partial charge on any atom is -0.354 e. The summed E-state index contributed by atoms with van der Waals surface area (Å²) in [6, 6.07) is 15.4. The van der Waals surface area contributed by atoms with Crippen molar-refractivity contribution in [1.29, 1.82) is 0 Å². The van der Waals surface area contributed by atoms with Crippen LogP contribution in [0, 0.1) is 6.92 Å². The van der Waals surface area contributed by atoms with Crippen LogP contribution in [0.25, 0.3) is 17.0 Å². The number of amides is 1. The Kier molecular flexibility index (Phi) is 6.54. The lowest BCUT2D eigenvalue weighted by atomic mass is 10.1. The highest BCUT2D eigenvalue weighted by Crippen LogP contribution is 2.26. The van der Waals surface area contributed by atoms with E-state index in [1.807, 2.05) is 36.4 Å². The van der Waals surface area contributed by atoms with Crippen molar-refractivity contribution in [3.8, 4) is 0 Å². The van der Waals surface area contributed by atoms with Gasteiger partial charge in [-0.25, -0.2) is 4.98 Å². The molecule has 1 fully saturated rings. The number of pyridine rings is 1. The Balaban J connectivity index is 1.48. The van der Waals surface area contributed by atoms with Gasteiger partial charge < -0.3 is 15.1 Å². The number of carbonyl (C=O) groups excluding carboxylic acids is 1. The summed E-state index contributed by atoms with van der Waals surface area (Å²) in [6.45, 7) is 9.54. The van der Waals surface area contributed by atoms with E-state index in [9.17, 15) is 4.79 Å². The molecule has 31 heavy (non-hydrogen) atoms. The zero-order chi connectivity index (χ0) is 21.8.